The number of piperidine rings is 1. The van der Waals surface area contributed by atoms with Gasteiger partial charge in [-0.2, -0.15) is 0 Å². The fraction of sp³-hybridized carbons (Fsp3) is 0.704. The molecule has 1 amide bonds. The van der Waals surface area contributed by atoms with Gasteiger partial charge in [0.15, 0.2) is 0 Å². The van der Waals surface area contributed by atoms with Crippen molar-refractivity contribution in [2.45, 2.75) is 69.1 Å². The van der Waals surface area contributed by atoms with Gasteiger partial charge in [-0.1, -0.05) is 24.3 Å². The normalized spacial score (nSPS) is 38.7. The number of fused-ring (bicyclic) bond motifs is 2. The Hall–Kier alpha value is -2.04. The fourth-order valence-corrected chi connectivity index (χ4v) is 9.75. The number of carbonyl (C=O) groups excluding carboxylic acids is 1. The lowest BCUT2D eigenvalue weighted by Crippen LogP contribution is -2.57. The van der Waals surface area contributed by atoms with Crippen molar-refractivity contribution < 1.29 is 19.4 Å². The zero-order chi connectivity index (χ0) is 22.1. The van der Waals surface area contributed by atoms with Crippen LogP contribution in [0.4, 0.5) is 4.79 Å². The Bertz CT molecular complexity index is 896. The average molecular weight is 438 g/mol. The number of carbonyl (C=O) groups is 2. The van der Waals surface area contributed by atoms with Crippen molar-refractivity contribution in [3.63, 3.8) is 0 Å². The van der Waals surface area contributed by atoms with E-state index in [1.807, 2.05) is 0 Å². The third-order valence-electron chi connectivity index (χ3n) is 10.2. The van der Waals surface area contributed by atoms with Crippen LogP contribution in [0.3, 0.4) is 0 Å². The lowest BCUT2D eigenvalue weighted by molar-refractivity contribution is -0.144. The van der Waals surface area contributed by atoms with Crippen LogP contribution in [0.15, 0.2) is 24.3 Å². The fourth-order valence-electron chi connectivity index (χ4n) is 9.75. The minimum absolute atomic E-state index is 0.0209. The Kier molecular flexibility index (Phi) is 4.64. The molecule has 1 saturated heterocycles. The number of hydrogen-bond donors (Lipinski definition) is 1. The molecular formula is C27H35NO4. The van der Waals surface area contributed by atoms with E-state index in [4.69, 9.17) is 4.74 Å². The van der Waals surface area contributed by atoms with Crippen LogP contribution < -0.4 is 0 Å². The summed E-state index contributed by atoms with van der Waals surface area (Å²) in [5.41, 5.74) is 3.01. The number of methoxy groups -OCH3 is 1. The second-order valence-electron chi connectivity index (χ2n) is 11.7. The van der Waals surface area contributed by atoms with Crippen molar-refractivity contribution in [3.8, 4) is 0 Å². The smallest absolute Gasteiger partial charge is 0.407 e. The van der Waals surface area contributed by atoms with E-state index in [0.29, 0.717) is 25.4 Å². The van der Waals surface area contributed by atoms with Crippen LogP contribution in [-0.4, -0.2) is 42.3 Å². The molecule has 5 aliphatic carbocycles. The van der Waals surface area contributed by atoms with Gasteiger partial charge in [0.05, 0.1) is 13.5 Å². The first-order chi connectivity index (χ1) is 15.4. The highest BCUT2D eigenvalue weighted by molar-refractivity contribution is 5.71. The molecule has 4 bridgehead atoms. The predicted molar refractivity (Wildman–Crippen MR) is 120 cm³/mol. The van der Waals surface area contributed by atoms with E-state index in [2.05, 4.69) is 24.3 Å². The Labute approximate surface area is 190 Å². The zero-order valence-corrected chi connectivity index (χ0v) is 19.1. The minimum atomic E-state index is -0.802. The van der Waals surface area contributed by atoms with Crippen molar-refractivity contribution in [2.75, 3.05) is 20.2 Å². The van der Waals surface area contributed by atoms with E-state index in [1.54, 1.807) is 4.90 Å². The number of amides is 1. The quantitative estimate of drug-likeness (QED) is 0.661. The van der Waals surface area contributed by atoms with Gasteiger partial charge in [0.1, 0.15) is 0 Å². The van der Waals surface area contributed by atoms with Crippen LogP contribution in [0.2, 0.25) is 0 Å². The van der Waals surface area contributed by atoms with Crippen LogP contribution >= 0.6 is 0 Å². The summed E-state index contributed by atoms with van der Waals surface area (Å²) < 4.78 is 5.19. The molecule has 5 nitrogen and oxygen atoms in total. The Balaban J connectivity index is 1.47. The maximum atomic E-state index is 12.7. The lowest BCUT2D eigenvalue weighted by atomic mass is 9.42. The van der Waals surface area contributed by atoms with Gasteiger partial charge in [-0.3, -0.25) is 4.79 Å². The van der Waals surface area contributed by atoms with Gasteiger partial charge in [0.2, 0.25) is 0 Å². The summed E-state index contributed by atoms with van der Waals surface area (Å²) in [6, 6.07) is 8.79. The van der Waals surface area contributed by atoms with Gasteiger partial charge in [0, 0.05) is 18.5 Å². The zero-order valence-electron chi connectivity index (χ0n) is 19.1. The molecule has 5 heteroatoms. The summed E-state index contributed by atoms with van der Waals surface area (Å²) >= 11 is 0. The van der Waals surface area contributed by atoms with E-state index in [1.165, 1.54) is 56.8 Å². The molecule has 0 radical (unpaired) electrons. The number of hydrogen-bond acceptors (Lipinski definition) is 3. The molecule has 1 spiro atoms. The van der Waals surface area contributed by atoms with Crippen LogP contribution in [0, 0.1) is 29.1 Å². The number of rotatable bonds is 3. The van der Waals surface area contributed by atoms with E-state index in [-0.39, 0.29) is 22.7 Å². The Morgan fingerprint density at radius 1 is 1.03 bits per heavy atom. The number of ether oxygens (including phenoxy) is 1. The van der Waals surface area contributed by atoms with Gasteiger partial charge in [0.25, 0.3) is 0 Å². The molecule has 1 aromatic carbocycles. The molecule has 2 atom stereocenters. The molecule has 7 rings (SSSR count). The first-order valence-corrected chi connectivity index (χ1v) is 12.6. The molecule has 2 unspecified atom stereocenters. The molecular weight excluding hydrogens is 402 g/mol. The molecule has 1 heterocycles. The van der Waals surface area contributed by atoms with Crippen molar-refractivity contribution >= 4 is 12.1 Å². The number of benzene rings is 1. The molecule has 5 fully saturated rings. The van der Waals surface area contributed by atoms with Crippen molar-refractivity contribution in [1.82, 2.24) is 4.90 Å². The Morgan fingerprint density at radius 3 is 2.19 bits per heavy atom. The summed E-state index contributed by atoms with van der Waals surface area (Å²) in [6.45, 7) is 1.19. The summed E-state index contributed by atoms with van der Waals surface area (Å²) in [7, 11) is 1.50. The van der Waals surface area contributed by atoms with Gasteiger partial charge < -0.3 is 14.7 Å². The molecule has 4 saturated carbocycles. The molecule has 1 aliphatic heterocycles. The van der Waals surface area contributed by atoms with Crippen LogP contribution in [0.25, 0.3) is 0 Å². The van der Waals surface area contributed by atoms with E-state index in [0.717, 1.165) is 30.6 Å². The molecule has 172 valence electrons. The second kappa shape index (κ2) is 7.23. The van der Waals surface area contributed by atoms with Gasteiger partial charge in [-0.05, 0) is 97.5 Å². The minimum Gasteiger partial charge on any atom is -0.469 e. The highest BCUT2D eigenvalue weighted by Gasteiger charge is 2.64. The third-order valence-corrected chi connectivity index (χ3v) is 10.2. The number of carboxylic acid groups (broad SMARTS) is 1. The van der Waals surface area contributed by atoms with E-state index >= 15 is 0 Å². The molecule has 1 aromatic rings. The predicted octanol–water partition coefficient (Wildman–Crippen LogP) is 5.19. The standard InChI is InChI=1S/C27H35NO4/c1-32-23(29)13-21-20-4-2-3-5-22(20)27(6-8-28(9-7-27)25(30)31)24(21)26-14-17-10-18(15-26)12-19(11-17)16-26/h2-5,17-19,21,24H,6-16H2,1H3,(H,30,31). The number of esters is 1. The summed E-state index contributed by atoms with van der Waals surface area (Å²) in [5, 5.41) is 9.63. The van der Waals surface area contributed by atoms with Crippen LogP contribution in [0.1, 0.15) is 74.8 Å². The van der Waals surface area contributed by atoms with Crippen LogP contribution in [0.5, 0.6) is 0 Å². The Morgan fingerprint density at radius 2 is 1.62 bits per heavy atom. The average Bonchev–Trinajstić information content (AvgIpc) is 3.03. The van der Waals surface area contributed by atoms with Crippen molar-refractivity contribution in [2.24, 2.45) is 29.1 Å². The summed E-state index contributed by atoms with van der Waals surface area (Å²) in [6.07, 6.45) is 9.52. The summed E-state index contributed by atoms with van der Waals surface area (Å²) in [5.74, 6) is 3.03. The first-order valence-electron chi connectivity index (χ1n) is 12.6. The third kappa shape index (κ3) is 2.88. The van der Waals surface area contributed by atoms with Gasteiger partial charge in [-0.15, -0.1) is 0 Å². The lowest BCUT2D eigenvalue weighted by Gasteiger charge is -2.63. The molecule has 6 aliphatic rings. The number of likely N-dealkylation sites (tertiary alicyclic amines) is 1. The van der Waals surface area contributed by atoms with Gasteiger partial charge >= 0.3 is 12.1 Å². The topological polar surface area (TPSA) is 66.8 Å². The summed E-state index contributed by atoms with van der Waals surface area (Å²) in [4.78, 5) is 26.0. The SMILES string of the molecule is COC(=O)CC1c2ccccc2C2(CCN(C(=O)O)CC2)C1C12CC3CC(CC(C3)C1)C2. The van der Waals surface area contributed by atoms with Crippen molar-refractivity contribution in [3.05, 3.63) is 35.4 Å². The molecule has 32 heavy (non-hydrogen) atoms. The highest BCUT2D eigenvalue weighted by atomic mass is 16.5. The van der Waals surface area contributed by atoms with Gasteiger partial charge in [-0.25, -0.2) is 4.79 Å². The maximum Gasteiger partial charge on any atom is 0.407 e. The maximum absolute atomic E-state index is 12.7. The van der Waals surface area contributed by atoms with E-state index < -0.39 is 6.09 Å². The molecule has 0 aromatic heterocycles. The van der Waals surface area contributed by atoms with Crippen molar-refractivity contribution in [1.29, 1.82) is 0 Å². The first kappa shape index (κ1) is 20.6. The second-order valence-corrected chi connectivity index (χ2v) is 11.7. The molecule has 1 N–H and O–H groups in total. The largest absolute Gasteiger partial charge is 0.469 e. The monoisotopic (exact) mass is 437 g/mol. The van der Waals surface area contributed by atoms with E-state index in [9.17, 15) is 14.7 Å². The highest BCUT2D eigenvalue weighted by Crippen LogP contribution is 2.71. The van der Waals surface area contributed by atoms with Crippen LogP contribution in [-0.2, 0) is 14.9 Å². The number of nitrogens with zero attached hydrogens (tertiary/aromatic N) is 1.